The molecule has 0 spiro atoms. The van der Waals surface area contributed by atoms with Crippen molar-refractivity contribution in [1.82, 2.24) is 15.0 Å². The van der Waals surface area contributed by atoms with Crippen LogP contribution < -0.4 is 10.4 Å². The molecule has 0 amide bonds. The first-order valence-electron chi connectivity index (χ1n) is 7.14. The Morgan fingerprint density at radius 1 is 0.909 bits per heavy atom. The van der Waals surface area contributed by atoms with Crippen LogP contribution in [-0.2, 0) is 11.8 Å². The van der Waals surface area contributed by atoms with Crippen molar-refractivity contribution in [2.75, 3.05) is 7.11 Å². The second-order valence-corrected chi connectivity index (χ2v) is 5.26. The minimum absolute atomic E-state index is 0.833. The average molecular weight is 289 g/mol. The van der Waals surface area contributed by atoms with Crippen molar-refractivity contribution in [3.05, 3.63) is 80.1 Å². The van der Waals surface area contributed by atoms with Gasteiger partial charge in [-0.1, -0.05) is 53.7 Å². The molecular formula is C18H15N3O. The molecule has 22 heavy (non-hydrogen) atoms. The van der Waals surface area contributed by atoms with Crippen LogP contribution in [0.3, 0.4) is 0 Å². The van der Waals surface area contributed by atoms with Crippen LogP contribution in [0.25, 0.3) is 11.8 Å². The van der Waals surface area contributed by atoms with Crippen LogP contribution in [0.4, 0.5) is 0 Å². The first-order valence-corrected chi connectivity index (χ1v) is 7.14. The molecule has 0 unspecified atom stereocenters. The molecule has 1 heterocycles. The summed E-state index contributed by atoms with van der Waals surface area (Å²) in [6.45, 7) is 0. The maximum Gasteiger partial charge on any atom is 0.127 e. The summed E-state index contributed by atoms with van der Waals surface area (Å²) < 4.78 is 7.47. The van der Waals surface area contributed by atoms with E-state index in [9.17, 15) is 0 Å². The van der Waals surface area contributed by atoms with E-state index >= 15 is 0 Å². The number of hydrogen-bond acceptors (Lipinski definition) is 3. The van der Waals surface area contributed by atoms with Crippen LogP contribution in [0.2, 0.25) is 0 Å². The fourth-order valence-electron chi connectivity index (χ4n) is 2.97. The Morgan fingerprint density at radius 3 is 2.36 bits per heavy atom. The van der Waals surface area contributed by atoms with Gasteiger partial charge in [-0.15, -0.1) is 5.10 Å². The zero-order valence-corrected chi connectivity index (χ0v) is 12.4. The number of hydrogen-bond donors (Lipinski definition) is 0. The molecule has 1 aromatic heterocycles. The van der Waals surface area contributed by atoms with E-state index in [1.807, 2.05) is 36.0 Å². The number of rotatable bonds is 1. The van der Waals surface area contributed by atoms with Crippen LogP contribution in [0.1, 0.15) is 0 Å². The fraction of sp³-hybridized carbons (Fsp3) is 0.111. The molecule has 2 aromatic carbocycles. The largest absolute Gasteiger partial charge is 0.496 e. The first-order chi connectivity index (χ1) is 10.8. The molecule has 0 bridgehead atoms. The summed E-state index contributed by atoms with van der Waals surface area (Å²) in [5.74, 6) is 0.833. The molecule has 108 valence electrons. The molecule has 3 aromatic rings. The molecule has 0 aliphatic heterocycles. The highest BCUT2D eigenvalue weighted by Gasteiger charge is 2.05. The Labute approximate surface area is 126 Å². The zero-order valence-electron chi connectivity index (χ0n) is 12.4. The molecule has 0 saturated carbocycles. The predicted octanol–water partition coefficient (Wildman–Crippen LogP) is 0.938. The fourth-order valence-corrected chi connectivity index (χ4v) is 2.97. The quantitative estimate of drug-likeness (QED) is 0.669. The van der Waals surface area contributed by atoms with Gasteiger partial charge in [0.2, 0.25) is 0 Å². The molecular weight excluding hydrogens is 274 g/mol. The summed E-state index contributed by atoms with van der Waals surface area (Å²) >= 11 is 0. The standard InChI is InChI=1S/C18H15N3O/c1-21-18-13-8-4-3-7-12(13)11-16(22-2)14-9-5-6-10-15(14)17(18)19-20-21/h3-11H,1-2H3/b12-11?,16-11?,16-14?,17-15+,18-13+. The van der Waals surface area contributed by atoms with Gasteiger partial charge in [0.25, 0.3) is 0 Å². The van der Waals surface area contributed by atoms with Crippen molar-refractivity contribution in [1.29, 1.82) is 0 Å². The second-order valence-electron chi connectivity index (χ2n) is 5.26. The topological polar surface area (TPSA) is 39.9 Å². The van der Waals surface area contributed by atoms with Crippen molar-refractivity contribution in [2.24, 2.45) is 7.05 Å². The van der Waals surface area contributed by atoms with Gasteiger partial charge >= 0.3 is 0 Å². The lowest BCUT2D eigenvalue weighted by Crippen LogP contribution is -2.15. The molecule has 0 fully saturated rings. The first kappa shape index (κ1) is 12.8. The van der Waals surface area contributed by atoms with Crippen molar-refractivity contribution in [3.8, 4) is 0 Å². The van der Waals surface area contributed by atoms with E-state index in [4.69, 9.17) is 4.74 Å². The predicted molar refractivity (Wildman–Crippen MR) is 83.4 cm³/mol. The van der Waals surface area contributed by atoms with Gasteiger partial charge in [-0.25, -0.2) is 4.68 Å². The van der Waals surface area contributed by atoms with Crippen LogP contribution in [0.5, 0.6) is 0 Å². The van der Waals surface area contributed by atoms with E-state index < -0.39 is 0 Å². The highest BCUT2D eigenvalue weighted by molar-refractivity contribution is 5.71. The smallest absolute Gasteiger partial charge is 0.127 e. The summed E-state index contributed by atoms with van der Waals surface area (Å²) in [5, 5.41) is 14.8. The SMILES string of the molecule is COC1=c2cccc/c2=c2\nnn(C)\c2=c2/ccccc2=C1. The van der Waals surface area contributed by atoms with Crippen molar-refractivity contribution < 1.29 is 4.74 Å². The van der Waals surface area contributed by atoms with E-state index in [0.29, 0.717) is 0 Å². The zero-order chi connectivity index (χ0) is 15.1. The number of ether oxygens (including phenoxy) is 1. The van der Waals surface area contributed by atoms with Gasteiger partial charge in [0, 0.05) is 22.7 Å². The monoisotopic (exact) mass is 289 g/mol. The summed E-state index contributed by atoms with van der Waals surface area (Å²) in [6, 6.07) is 16.4. The molecule has 4 rings (SSSR count). The molecule has 0 saturated heterocycles. The van der Waals surface area contributed by atoms with E-state index in [2.05, 4.69) is 40.7 Å². The molecule has 0 radical (unpaired) electrons. The third-order valence-electron chi connectivity index (χ3n) is 4.00. The molecule has 1 aliphatic rings. The number of aryl methyl sites for hydroxylation is 1. The number of fused-ring (bicyclic) bond motifs is 3. The van der Waals surface area contributed by atoms with Crippen molar-refractivity contribution in [3.63, 3.8) is 0 Å². The van der Waals surface area contributed by atoms with Gasteiger partial charge in [0.1, 0.15) is 11.1 Å². The van der Waals surface area contributed by atoms with Crippen molar-refractivity contribution >= 4 is 11.8 Å². The minimum Gasteiger partial charge on any atom is -0.496 e. The van der Waals surface area contributed by atoms with Crippen molar-refractivity contribution in [2.45, 2.75) is 0 Å². The van der Waals surface area contributed by atoms with E-state index in [-0.39, 0.29) is 0 Å². The summed E-state index contributed by atoms with van der Waals surface area (Å²) in [7, 11) is 3.62. The lowest BCUT2D eigenvalue weighted by molar-refractivity contribution is 0.374. The summed E-state index contributed by atoms with van der Waals surface area (Å²) in [4.78, 5) is 0. The Morgan fingerprint density at radius 2 is 1.59 bits per heavy atom. The van der Waals surface area contributed by atoms with Gasteiger partial charge in [-0.3, -0.25) is 0 Å². The molecule has 4 heteroatoms. The number of methoxy groups -OCH3 is 1. The Hall–Kier alpha value is -2.88. The van der Waals surface area contributed by atoms with Gasteiger partial charge in [-0.05, 0) is 11.3 Å². The summed E-state index contributed by atoms with van der Waals surface area (Å²) in [6.07, 6.45) is 2.07. The van der Waals surface area contributed by atoms with Gasteiger partial charge < -0.3 is 4.74 Å². The van der Waals surface area contributed by atoms with Crippen LogP contribution in [-0.4, -0.2) is 22.1 Å². The Bertz CT molecular complexity index is 1180. The van der Waals surface area contributed by atoms with Gasteiger partial charge in [0.15, 0.2) is 0 Å². The highest BCUT2D eigenvalue weighted by Crippen LogP contribution is 2.03. The third-order valence-corrected chi connectivity index (χ3v) is 4.00. The second kappa shape index (κ2) is 4.84. The third kappa shape index (κ3) is 1.77. The number of benzene rings is 2. The molecule has 0 N–H and O–H groups in total. The van der Waals surface area contributed by atoms with Gasteiger partial charge in [-0.2, -0.15) is 0 Å². The highest BCUT2D eigenvalue weighted by atomic mass is 16.5. The van der Waals surface area contributed by atoms with E-state index in [1.54, 1.807) is 7.11 Å². The van der Waals surface area contributed by atoms with Gasteiger partial charge in [0.05, 0.1) is 12.5 Å². The number of nitrogens with zero attached hydrogens (tertiary/aromatic N) is 3. The van der Waals surface area contributed by atoms with E-state index in [0.717, 1.165) is 37.3 Å². The van der Waals surface area contributed by atoms with Crippen LogP contribution in [0.15, 0.2) is 48.5 Å². The maximum absolute atomic E-state index is 5.64. The Kier molecular flexibility index (Phi) is 2.82. The summed E-state index contributed by atoms with van der Waals surface area (Å²) in [5.41, 5.74) is 0. The van der Waals surface area contributed by atoms with Crippen LogP contribution >= 0.6 is 0 Å². The van der Waals surface area contributed by atoms with Crippen LogP contribution in [0, 0.1) is 21.1 Å². The minimum atomic E-state index is 0.833. The average Bonchev–Trinajstić information content (AvgIpc) is 2.92. The molecule has 0 atom stereocenters. The lowest BCUT2D eigenvalue weighted by Gasteiger charge is -2.03. The number of aromatic nitrogens is 3. The normalized spacial score (nSPS) is 15.6. The maximum atomic E-state index is 5.64. The molecule has 1 aliphatic carbocycles. The molecule has 4 nitrogen and oxygen atoms in total. The van der Waals surface area contributed by atoms with E-state index in [1.165, 1.54) is 0 Å². The lowest BCUT2D eigenvalue weighted by atomic mass is 10.1. The Balaban J connectivity index is 2.56.